The summed E-state index contributed by atoms with van der Waals surface area (Å²) in [6, 6.07) is 5.25. The van der Waals surface area contributed by atoms with Crippen LogP contribution in [0.2, 0.25) is 5.02 Å². The van der Waals surface area contributed by atoms with Crippen LogP contribution in [0, 0.1) is 0 Å². The Morgan fingerprint density at radius 1 is 1.31 bits per heavy atom. The van der Waals surface area contributed by atoms with E-state index in [-0.39, 0.29) is 5.75 Å². The molecule has 0 amide bonds. The summed E-state index contributed by atoms with van der Waals surface area (Å²) in [5.74, 6) is 0.936. The van der Waals surface area contributed by atoms with Crippen molar-refractivity contribution in [2.75, 3.05) is 7.11 Å². The predicted octanol–water partition coefficient (Wildman–Crippen LogP) is 3.98. The van der Waals surface area contributed by atoms with E-state index in [0.29, 0.717) is 5.02 Å². The third-order valence-corrected chi connectivity index (χ3v) is 3.35. The molecule has 1 aromatic rings. The Bertz CT molecular complexity index is 416. The largest absolute Gasteiger partial charge is 0.506 e. The van der Waals surface area contributed by atoms with Crippen molar-refractivity contribution in [3.63, 3.8) is 0 Å². The van der Waals surface area contributed by atoms with Gasteiger partial charge in [0.25, 0.3) is 0 Å². The van der Waals surface area contributed by atoms with Gasteiger partial charge in [0.05, 0.1) is 12.1 Å². The molecule has 0 unspecified atom stereocenters. The van der Waals surface area contributed by atoms with Gasteiger partial charge >= 0.3 is 0 Å². The second-order valence-corrected chi connectivity index (χ2v) is 4.36. The summed E-state index contributed by atoms with van der Waals surface area (Å²) >= 11 is 6.08. The highest BCUT2D eigenvalue weighted by Crippen LogP contribution is 2.37. The molecule has 1 aliphatic carbocycles. The van der Waals surface area contributed by atoms with Crippen molar-refractivity contribution >= 4 is 17.4 Å². The molecule has 86 valence electrons. The van der Waals surface area contributed by atoms with Gasteiger partial charge in [-0.1, -0.05) is 17.7 Å². The molecular formula is C13H15ClO2. The van der Waals surface area contributed by atoms with Crippen molar-refractivity contribution in [2.24, 2.45) is 0 Å². The van der Waals surface area contributed by atoms with Crippen molar-refractivity contribution in [3.05, 3.63) is 34.4 Å². The van der Waals surface area contributed by atoms with Crippen LogP contribution in [0.25, 0.3) is 5.76 Å². The van der Waals surface area contributed by atoms with Crippen LogP contribution in [0.1, 0.15) is 31.2 Å². The highest BCUT2D eigenvalue weighted by Gasteiger charge is 2.18. The van der Waals surface area contributed by atoms with Gasteiger partial charge in [0.15, 0.2) is 0 Å². The molecule has 0 bridgehead atoms. The minimum Gasteiger partial charge on any atom is -0.506 e. The lowest BCUT2D eigenvalue weighted by Gasteiger charge is -2.12. The highest BCUT2D eigenvalue weighted by atomic mass is 35.5. The molecule has 0 heterocycles. The minimum atomic E-state index is 0.104. The van der Waals surface area contributed by atoms with Crippen LogP contribution in [0.15, 0.2) is 23.8 Å². The molecule has 0 saturated heterocycles. The van der Waals surface area contributed by atoms with E-state index in [2.05, 4.69) is 0 Å². The van der Waals surface area contributed by atoms with Crippen LogP contribution in [0.5, 0.6) is 5.75 Å². The third-order valence-electron chi connectivity index (χ3n) is 2.96. The van der Waals surface area contributed by atoms with E-state index in [1.54, 1.807) is 19.2 Å². The molecule has 1 aromatic carbocycles. The zero-order valence-electron chi connectivity index (χ0n) is 9.29. The molecule has 16 heavy (non-hydrogen) atoms. The van der Waals surface area contributed by atoms with Crippen LogP contribution in [-0.2, 0) is 4.74 Å². The van der Waals surface area contributed by atoms with E-state index < -0.39 is 0 Å². The van der Waals surface area contributed by atoms with Crippen molar-refractivity contribution in [1.82, 2.24) is 0 Å². The molecule has 1 fully saturated rings. The lowest BCUT2D eigenvalue weighted by molar-refractivity contribution is 0.365. The van der Waals surface area contributed by atoms with E-state index in [1.807, 2.05) is 6.07 Å². The second-order valence-electron chi connectivity index (χ2n) is 3.98. The number of rotatable bonds is 2. The predicted molar refractivity (Wildman–Crippen MR) is 65.5 cm³/mol. The number of allylic oxidation sites excluding steroid dienone is 1. The van der Waals surface area contributed by atoms with Crippen LogP contribution >= 0.6 is 11.6 Å². The molecule has 2 rings (SSSR count). The number of halogens is 1. The Kier molecular flexibility index (Phi) is 3.39. The first-order valence-electron chi connectivity index (χ1n) is 5.48. The van der Waals surface area contributed by atoms with Gasteiger partial charge in [0, 0.05) is 5.56 Å². The number of phenolic OH excluding ortho intramolecular Hbond substituents is 1. The van der Waals surface area contributed by atoms with E-state index in [4.69, 9.17) is 16.3 Å². The quantitative estimate of drug-likeness (QED) is 0.790. The zero-order chi connectivity index (χ0) is 11.5. The average Bonchev–Trinajstić information content (AvgIpc) is 2.79. The first-order valence-corrected chi connectivity index (χ1v) is 5.85. The molecule has 1 N–H and O–H groups in total. The van der Waals surface area contributed by atoms with Gasteiger partial charge in [-0.15, -0.1) is 0 Å². The van der Waals surface area contributed by atoms with E-state index in [0.717, 1.165) is 24.2 Å². The summed E-state index contributed by atoms with van der Waals surface area (Å²) in [5, 5.41) is 9.95. The van der Waals surface area contributed by atoms with Crippen LogP contribution in [0.3, 0.4) is 0 Å². The monoisotopic (exact) mass is 238 g/mol. The number of benzene rings is 1. The fraction of sp³-hybridized carbons (Fsp3) is 0.385. The third kappa shape index (κ3) is 2.03. The SMILES string of the molecule is COC(=C1CCCC1)c1cccc(O)c1Cl. The normalized spacial score (nSPS) is 15.2. The average molecular weight is 239 g/mol. The molecule has 0 radical (unpaired) electrons. The zero-order valence-corrected chi connectivity index (χ0v) is 10.0. The Morgan fingerprint density at radius 2 is 2.00 bits per heavy atom. The highest BCUT2D eigenvalue weighted by molar-refractivity contribution is 6.33. The molecular weight excluding hydrogens is 224 g/mol. The topological polar surface area (TPSA) is 29.5 Å². The Morgan fingerprint density at radius 3 is 2.62 bits per heavy atom. The Balaban J connectivity index is 2.48. The van der Waals surface area contributed by atoms with E-state index in [9.17, 15) is 5.11 Å². The summed E-state index contributed by atoms with van der Waals surface area (Å²) in [6.07, 6.45) is 4.54. The lowest BCUT2D eigenvalue weighted by atomic mass is 10.1. The van der Waals surface area contributed by atoms with E-state index in [1.165, 1.54) is 18.4 Å². The fourth-order valence-corrected chi connectivity index (χ4v) is 2.38. The lowest BCUT2D eigenvalue weighted by Crippen LogP contribution is -1.93. The summed E-state index contributed by atoms with van der Waals surface area (Å²) in [6.45, 7) is 0. The maximum atomic E-state index is 9.58. The van der Waals surface area contributed by atoms with Crippen LogP contribution in [-0.4, -0.2) is 12.2 Å². The first-order chi connectivity index (χ1) is 7.74. The Labute approximate surface area is 101 Å². The number of hydrogen-bond acceptors (Lipinski definition) is 2. The maximum Gasteiger partial charge on any atom is 0.134 e. The fourth-order valence-electron chi connectivity index (χ4n) is 2.17. The van der Waals surface area contributed by atoms with Gasteiger partial charge in [0.2, 0.25) is 0 Å². The van der Waals surface area contributed by atoms with Crippen LogP contribution in [0.4, 0.5) is 0 Å². The standard InChI is InChI=1S/C13H15ClO2/c1-16-13(9-5-2-3-6-9)10-7-4-8-11(15)12(10)14/h4,7-8,15H,2-3,5-6H2,1H3. The summed E-state index contributed by atoms with van der Waals surface area (Å²) in [5.41, 5.74) is 2.09. The number of phenols is 1. The van der Waals surface area contributed by atoms with E-state index >= 15 is 0 Å². The van der Waals surface area contributed by atoms with Gasteiger partial charge in [-0.3, -0.25) is 0 Å². The van der Waals surface area contributed by atoms with Crippen molar-refractivity contribution in [3.8, 4) is 5.75 Å². The molecule has 0 aliphatic heterocycles. The van der Waals surface area contributed by atoms with Gasteiger partial charge in [-0.25, -0.2) is 0 Å². The first kappa shape index (κ1) is 11.3. The molecule has 0 spiro atoms. The molecule has 1 saturated carbocycles. The van der Waals surface area contributed by atoms with Crippen molar-refractivity contribution in [1.29, 1.82) is 0 Å². The number of methoxy groups -OCH3 is 1. The van der Waals surface area contributed by atoms with Crippen LogP contribution < -0.4 is 0 Å². The number of aromatic hydroxyl groups is 1. The molecule has 2 nitrogen and oxygen atoms in total. The number of hydrogen-bond donors (Lipinski definition) is 1. The smallest absolute Gasteiger partial charge is 0.134 e. The van der Waals surface area contributed by atoms with Crippen molar-refractivity contribution in [2.45, 2.75) is 25.7 Å². The summed E-state index contributed by atoms with van der Waals surface area (Å²) in [4.78, 5) is 0. The van der Waals surface area contributed by atoms with Gasteiger partial charge in [0.1, 0.15) is 11.5 Å². The maximum absolute atomic E-state index is 9.58. The summed E-state index contributed by atoms with van der Waals surface area (Å²) in [7, 11) is 1.65. The number of ether oxygens (including phenoxy) is 1. The van der Waals surface area contributed by atoms with Gasteiger partial charge in [-0.2, -0.15) is 0 Å². The second kappa shape index (κ2) is 4.79. The Hall–Kier alpha value is -1.15. The molecule has 3 heteroatoms. The van der Waals surface area contributed by atoms with Crippen molar-refractivity contribution < 1.29 is 9.84 Å². The summed E-state index contributed by atoms with van der Waals surface area (Å²) < 4.78 is 5.44. The minimum absolute atomic E-state index is 0.104. The molecule has 0 atom stereocenters. The van der Waals surface area contributed by atoms with Gasteiger partial charge in [-0.05, 0) is 43.4 Å². The van der Waals surface area contributed by atoms with Gasteiger partial charge < -0.3 is 9.84 Å². The molecule has 0 aromatic heterocycles. The molecule has 1 aliphatic rings.